The third kappa shape index (κ3) is 3.99. The second-order valence-electron chi connectivity index (χ2n) is 18.3. The van der Waals surface area contributed by atoms with Crippen molar-refractivity contribution in [2.75, 3.05) is 9.80 Å². The number of hydrogen-bond acceptors (Lipinski definition) is 3. The Labute approximate surface area is 342 Å². The highest BCUT2D eigenvalue weighted by Gasteiger charge is 2.62. The number of benzene rings is 7. The average Bonchev–Trinajstić information content (AvgIpc) is 3.62. The number of thiophene rings is 1. The highest BCUT2D eigenvalue weighted by molar-refractivity contribution is 7.25. The first kappa shape index (κ1) is 32.3. The molecule has 3 aliphatic heterocycles. The number of halogens is 1. The molecule has 4 heterocycles. The van der Waals surface area contributed by atoms with Crippen molar-refractivity contribution in [3.63, 3.8) is 0 Å². The summed E-state index contributed by atoms with van der Waals surface area (Å²) in [5, 5.41) is 2.48. The number of para-hydroxylation sites is 2. The van der Waals surface area contributed by atoms with Crippen molar-refractivity contribution in [3.8, 4) is 11.1 Å². The Balaban J connectivity index is 1.04. The van der Waals surface area contributed by atoms with Crippen molar-refractivity contribution in [2.24, 2.45) is 23.7 Å². The monoisotopic (exact) mass is 766 g/mol. The Morgan fingerprint density at radius 1 is 0.586 bits per heavy atom. The summed E-state index contributed by atoms with van der Waals surface area (Å²) in [7, 11) is 0. The molecule has 58 heavy (non-hydrogen) atoms. The molecule has 4 fully saturated rings. The van der Waals surface area contributed by atoms with Crippen LogP contribution in [0.3, 0.4) is 0 Å². The van der Waals surface area contributed by atoms with Crippen molar-refractivity contribution in [1.82, 2.24) is 0 Å². The van der Waals surface area contributed by atoms with Crippen molar-refractivity contribution < 1.29 is 4.39 Å². The fraction of sp³-hybridized carbons (Fsp3) is 0.208. The summed E-state index contributed by atoms with van der Waals surface area (Å²) in [4.78, 5) is 5.03. The molecule has 2 nitrogen and oxygen atoms in total. The summed E-state index contributed by atoms with van der Waals surface area (Å²) in [5.74, 6) is 2.88. The van der Waals surface area contributed by atoms with E-state index in [1.165, 1.54) is 103 Å². The Morgan fingerprint density at radius 2 is 1.28 bits per heavy atom. The molecule has 0 atom stereocenters. The molecule has 0 radical (unpaired) electrons. The largest absolute Gasteiger partial charge is 0.311 e. The van der Waals surface area contributed by atoms with Gasteiger partial charge in [0.15, 0.2) is 0 Å². The Bertz CT molecular complexity index is 3060. The normalized spacial score (nSPS) is 24.0. The minimum absolute atomic E-state index is 0.00669. The summed E-state index contributed by atoms with van der Waals surface area (Å²) >= 11 is 1.78. The third-order valence-corrected chi connectivity index (χ3v) is 16.7. The van der Waals surface area contributed by atoms with Gasteiger partial charge in [-0.05, 0) is 150 Å². The summed E-state index contributed by atoms with van der Waals surface area (Å²) in [6, 6.07) is 51.5. The molecule has 7 aromatic carbocycles. The lowest BCUT2D eigenvalue weighted by Crippen LogP contribution is -2.64. The Hall–Kier alpha value is -5.65. The van der Waals surface area contributed by atoms with Gasteiger partial charge in [-0.25, -0.2) is 4.39 Å². The zero-order valence-corrected chi connectivity index (χ0v) is 33.2. The summed E-state index contributed by atoms with van der Waals surface area (Å²) in [6.45, 7) is 2.03. The van der Waals surface area contributed by atoms with Crippen LogP contribution >= 0.6 is 11.3 Å². The van der Waals surface area contributed by atoms with E-state index >= 15 is 4.39 Å². The second kappa shape index (κ2) is 11.3. The molecule has 0 unspecified atom stereocenters. The molecule has 0 amide bonds. The van der Waals surface area contributed by atoms with Gasteiger partial charge in [-0.2, -0.15) is 0 Å². The summed E-state index contributed by atoms with van der Waals surface area (Å²) in [5.41, 5.74) is 16.7. The molecular formula is C53H40BFN2S. The summed E-state index contributed by atoms with van der Waals surface area (Å²) < 4.78 is 19.8. The molecule has 5 heteroatoms. The first-order chi connectivity index (χ1) is 28.5. The van der Waals surface area contributed by atoms with Gasteiger partial charge >= 0.3 is 0 Å². The van der Waals surface area contributed by atoms with E-state index in [4.69, 9.17) is 0 Å². The van der Waals surface area contributed by atoms with Crippen LogP contribution in [0, 0.1) is 36.4 Å². The number of rotatable bonds is 2. The van der Waals surface area contributed by atoms with Crippen LogP contribution in [0.5, 0.6) is 0 Å². The van der Waals surface area contributed by atoms with E-state index in [0.717, 1.165) is 34.2 Å². The van der Waals surface area contributed by atoms with Gasteiger partial charge in [-0.15, -0.1) is 11.3 Å². The van der Waals surface area contributed by atoms with Crippen molar-refractivity contribution >= 4 is 88.7 Å². The van der Waals surface area contributed by atoms with Gasteiger partial charge < -0.3 is 9.80 Å². The number of hydrogen-bond donors (Lipinski definition) is 0. The molecule has 1 aromatic heterocycles. The van der Waals surface area contributed by atoms with E-state index in [2.05, 4.69) is 150 Å². The molecule has 15 rings (SSSR count). The van der Waals surface area contributed by atoms with E-state index < -0.39 is 0 Å². The van der Waals surface area contributed by atoms with E-state index in [0.29, 0.717) is 17.4 Å². The van der Waals surface area contributed by atoms with Crippen molar-refractivity contribution in [1.29, 1.82) is 0 Å². The molecule has 1 spiro atoms. The summed E-state index contributed by atoms with van der Waals surface area (Å²) in [6.07, 6.45) is 6.78. The molecule has 278 valence electrons. The van der Waals surface area contributed by atoms with Crippen LogP contribution in [0.2, 0.25) is 0 Å². The van der Waals surface area contributed by atoms with Crippen molar-refractivity contribution in [2.45, 2.75) is 44.4 Å². The fourth-order valence-electron chi connectivity index (χ4n) is 13.6. The number of fused-ring (bicyclic) bond motifs is 9. The van der Waals surface area contributed by atoms with Crippen LogP contribution in [0.4, 0.5) is 38.5 Å². The van der Waals surface area contributed by atoms with E-state index in [1.54, 1.807) is 11.3 Å². The van der Waals surface area contributed by atoms with Crippen LogP contribution in [0.1, 0.15) is 48.8 Å². The lowest BCUT2D eigenvalue weighted by molar-refractivity contribution is -0.0419. The van der Waals surface area contributed by atoms with Gasteiger partial charge in [0.05, 0.1) is 5.69 Å². The molecule has 8 aromatic rings. The van der Waals surface area contributed by atoms with E-state index in [1.807, 2.05) is 6.07 Å². The highest BCUT2D eigenvalue weighted by Crippen LogP contribution is 2.69. The first-order valence-corrected chi connectivity index (χ1v) is 22.1. The average molecular weight is 767 g/mol. The molecule has 4 saturated carbocycles. The number of nitrogens with zero attached hydrogens (tertiary/aromatic N) is 2. The van der Waals surface area contributed by atoms with Crippen LogP contribution < -0.4 is 26.2 Å². The van der Waals surface area contributed by atoms with Gasteiger partial charge in [0, 0.05) is 59.6 Å². The quantitative estimate of drug-likeness (QED) is 0.162. The lowest BCUT2D eigenvalue weighted by Gasteiger charge is -2.64. The van der Waals surface area contributed by atoms with Gasteiger partial charge in [0.1, 0.15) is 5.82 Å². The lowest BCUT2D eigenvalue weighted by atomic mass is 9.32. The van der Waals surface area contributed by atoms with Crippen LogP contribution in [-0.2, 0) is 5.41 Å². The van der Waals surface area contributed by atoms with Gasteiger partial charge in [-0.3, -0.25) is 0 Å². The molecule has 4 aliphatic carbocycles. The number of aryl methyl sites for hydroxylation is 1. The molecule has 0 saturated heterocycles. The first-order valence-electron chi connectivity index (χ1n) is 21.3. The van der Waals surface area contributed by atoms with Crippen LogP contribution in [-0.4, -0.2) is 6.71 Å². The molecule has 7 aliphatic rings. The molecule has 0 N–H and O–H groups in total. The Kier molecular flexibility index (Phi) is 6.30. The fourth-order valence-corrected chi connectivity index (χ4v) is 14.8. The predicted octanol–water partition coefficient (Wildman–Crippen LogP) is 12.3. The Morgan fingerprint density at radius 3 is 2.10 bits per heavy atom. The number of anilines is 6. The minimum Gasteiger partial charge on any atom is -0.311 e. The maximum absolute atomic E-state index is 17.3. The molecule has 4 bridgehead atoms. The third-order valence-electron chi connectivity index (χ3n) is 15.5. The van der Waals surface area contributed by atoms with Gasteiger partial charge in [-0.1, -0.05) is 90.5 Å². The van der Waals surface area contributed by atoms with Crippen LogP contribution in [0.15, 0.2) is 140 Å². The van der Waals surface area contributed by atoms with Crippen molar-refractivity contribution in [3.05, 3.63) is 162 Å². The second-order valence-corrected chi connectivity index (χ2v) is 19.4. The maximum atomic E-state index is 17.3. The maximum Gasteiger partial charge on any atom is 0.252 e. The topological polar surface area (TPSA) is 6.48 Å². The van der Waals surface area contributed by atoms with Gasteiger partial charge in [0.25, 0.3) is 6.71 Å². The van der Waals surface area contributed by atoms with E-state index in [-0.39, 0.29) is 17.9 Å². The smallest absolute Gasteiger partial charge is 0.252 e. The highest BCUT2D eigenvalue weighted by atomic mass is 32.1. The van der Waals surface area contributed by atoms with Crippen LogP contribution in [0.25, 0.3) is 31.3 Å². The predicted molar refractivity (Wildman–Crippen MR) is 241 cm³/mol. The standard InChI is InChI=1S/C53H40BFN2S/c1-30-16-19-36(20-17-30)56-46-13-7-14-47-51(46)54(43-29-44(55)39(28-48(43)56)33-18-21-38-37-8-2-5-15-49(37)58-50(38)27-33)42-11-6-10-41-52(42)57(47)45-12-4-3-9-40(45)53(41)34-23-31-22-32(25-34)26-35(53)24-31/h2-21,27-29,31-32,34-35H,22-26H2,1H3. The van der Waals surface area contributed by atoms with E-state index in [9.17, 15) is 0 Å². The van der Waals surface area contributed by atoms with Gasteiger partial charge in [0.2, 0.25) is 0 Å². The zero-order chi connectivity index (χ0) is 38.0. The SMILES string of the molecule is Cc1ccc(N2c3cc(-c4ccc5c(c4)sc4ccccc45)c(F)cc3B3c4cccc5c4N(c4ccccc4C54C5CC6CC(C5)CC4C6)c4cccc2c43)cc1. The molecular weight excluding hydrogens is 726 g/mol. The zero-order valence-electron chi connectivity index (χ0n) is 32.4. The minimum atomic E-state index is -0.168.